The van der Waals surface area contributed by atoms with E-state index in [9.17, 15) is 19.2 Å². The van der Waals surface area contributed by atoms with Crippen LogP contribution >= 0.6 is 11.3 Å². The van der Waals surface area contributed by atoms with Gasteiger partial charge >= 0.3 is 6.09 Å². The van der Waals surface area contributed by atoms with Crippen molar-refractivity contribution in [2.24, 2.45) is 17.1 Å². The smallest absolute Gasteiger partial charge is 0.410 e. The number of carbonyl (C=O) groups excluding carboxylic acids is 4. The van der Waals surface area contributed by atoms with Gasteiger partial charge in [-0.15, -0.1) is 11.3 Å². The van der Waals surface area contributed by atoms with Crippen LogP contribution in [0.5, 0.6) is 0 Å². The molecule has 0 radical (unpaired) electrons. The molecular weight excluding hydrogens is 899 g/mol. The number of nitrogens with one attached hydrogen (secondary N) is 1. The van der Waals surface area contributed by atoms with Gasteiger partial charge in [0.2, 0.25) is 11.9 Å². The number of ether oxygens (including phenoxy) is 2. The molecule has 4 aromatic heterocycles. The molecule has 0 bridgehead atoms. The second-order valence-electron chi connectivity index (χ2n) is 19.9. The normalized spacial score (nSPS) is 21.3. The number of nitrogen functional groups attached to an aromatic ring is 1. The van der Waals surface area contributed by atoms with Gasteiger partial charge in [0, 0.05) is 100 Å². The number of ketones is 1. The molecule has 3 amide bonds. The van der Waals surface area contributed by atoms with E-state index in [4.69, 9.17) is 36.0 Å². The minimum Gasteiger partial charge on any atom is -0.446 e. The van der Waals surface area contributed by atoms with E-state index in [0.717, 1.165) is 73.0 Å². The highest BCUT2D eigenvalue weighted by molar-refractivity contribution is 7.19. The largest absolute Gasteiger partial charge is 0.446 e. The van der Waals surface area contributed by atoms with Crippen LogP contribution in [-0.4, -0.2) is 146 Å². The summed E-state index contributed by atoms with van der Waals surface area (Å²) in [7, 11) is 0. The Hall–Kier alpha value is -6.25. The molecule has 10 rings (SSSR count). The van der Waals surface area contributed by atoms with Crippen molar-refractivity contribution in [3.8, 4) is 17.1 Å². The highest BCUT2D eigenvalue weighted by Gasteiger charge is 2.37. The van der Waals surface area contributed by atoms with Crippen molar-refractivity contribution in [3.05, 3.63) is 64.1 Å². The van der Waals surface area contributed by atoms with Crippen molar-refractivity contribution in [1.29, 1.82) is 0 Å². The second kappa shape index (κ2) is 19.3. The quantitative estimate of drug-likeness (QED) is 0.163. The van der Waals surface area contributed by atoms with E-state index in [1.807, 2.05) is 28.6 Å². The number of thiophene rings is 1. The summed E-state index contributed by atoms with van der Waals surface area (Å²) in [6, 6.07) is 7.62. The molecule has 5 N–H and O–H groups in total. The van der Waals surface area contributed by atoms with Crippen LogP contribution in [0.3, 0.4) is 0 Å². The monoisotopic (exact) mass is 959 g/mol. The summed E-state index contributed by atoms with van der Waals surface area (Å²) in [6.07, 6.45) is 7.99. The Labute approximate surface area is 404 Å². The van der Waals surface area contributed by atoms with E-state index < -0.39 is 5.91 Å². The molecule has 0 atom stereocenters. The summed E-state index contributed by atoms with van der Waals surface area (Å²) in [4.78, 5) is 80.5. The van der Waals surface area contributed by atoms with E-state index >= 15 is 0 Å². The number of amides is 3. The van der Waals surface area contributed by atoms with Gasteiger partial charge in [0.1, 0.15) is 6.10 Å². The SMILES string of the molecule is Cc1nn(-c2ccc(C(N)=O)c(NC3CCC(OC(=O)N4CCC(C(=O)N5CCN(Cc6cc7nc(-c8cnc(N)nc8)nc(N8CCOCC8)c7s6)CC5)CC4)CC3)c2)c2c1C(=O)CC(C)(C)C2. The maximum Gasteiger partial charge on any atom is 0.410 e. The Balaban J connectivity index is 0.687. The Kier molecular flexibility index (Phi) is 13.0. The average Bonchev–Trinajstić information content (AvgIpc) is 3.91. The maximum atomic E-state index is 13.8. The van der Waals surface area contributed by atoms with Crippen molar-refractivity contribution in [2.75, 3.05) is 81.5 Å². The average molecular weight is 960 g/mol. The zero-order valence-corrected chi connectivity index (χ0v) is 40.4. The fraction of sp³-hybridized carbons (Fsp3) is 0.531. The van der Waals surface area contributed by atoms with E-state index in [2.05, 4.69) is 45.0 Å². The van der Waals surface area contributed by atoms with Gasteiger partial charge in [0.15, 0.2) is 17.4 Å². The van der Waals surface area contributed by atoms with E-state index in [1.165, 1.54) is 4.88 Å². The van der Waals surface area contributed by atoms with Gasteiger partial charge in [-0.25, -0.2) is 29.4 Å². The molecule has 5 aromatic rings. The molecule has 0 unspecified atom stereocenters. The van der Waals surface area contributed by atoms with Crippen molar-refractivity contribution < 1.29 is 28.7 Å². The number of primary amides is 1. The second-order valence-corrected chi connectivity index (χ2v) is 21.1. The Bertz CT molecular complexity index is 2750. The number of nitrogens with zero attached hydrogens (tertiary/aromatic N) is 10. The van der Waals surface area contributed by atoms with Crippen LogP contribution in [0.15, 0.2) is 36.7 Å². The summed E-state index contributed by atoms with van der Waals surface area (Å²) >= 11 is 1.72. The predicted molar refractivity (Wildman–Crippen MR) is 261 cm³/mol. The highest BCUT2D eigenvalue weighted by Crippen LogP contribution is 2.39. The molecule has 3 saturated heterocycles. The molecule has 3 aliphatic heterocycles. The van der Waals surface area contributed by atoms with Crippen LogP contribution in [0.1, 0.15) is 95.8 Å². The number of hydrogen-bond donors (Lipinski definition) is 3. The number of aromatic nitrogens is 6. The molecule has 69 heavy (non-hydrogen) atoms. The standard InChI is InChI=1S/C49H61N13O6S/c1-29-41-39(24-49(2,3)25-40(41)63)62(57-29)33-6-9-36(43(50)64)37(22-33)54-32-4-7-34(8-5-32)68-48(66)61-12-10-30(11-13-61)46(65)60-16-14-58(15-17-60)28-35-23-38-42(69-35)45(59-18-20-67-21-19-59)56-44(55-38)31-26-52-47(51)53-27-31/h6,9,22-23,26-27,30,32,34,54H,4-5,7-8,10-21,24-25,28H2,1-3H3,(H2,50,64)(H2,51,52,53). The molecule has 1 saturated carbocycles. The molecule has 364 valence electrons. The molecule has 1 aromatic carbocycles. The van der Waals surface area contributed by atoms with E-state index in [-0.39, 0.29) is 47.2 Å². The summed E-state index contributed by atoms with van der Waals surface area (Å²) in [5.74, 6) is 1.27. The number of nitrogens with two attached hydrogens (primary N) is 2. The van der Waals surface area contributed by atoms with Gasteiger partial charge in [-0.05, 0) is 81.5 Å². The number of hydrogen-bond acceptors (Lipinski definition) is 16. The zero-order chi connectivity index (χ0) is 48.0. The third-order valence-corrected chi connectivity index (χ3v) is 15.5. The fourth-order valence-corrected chi connectivity index (χ4v) is 11.8. The maximum absolute atomic E-state index is 13.8. The summed E-state index contributed by atoms with van der Waals surface area (Å²) < 4.78 is 14.5. The van der Waals surface area contributed by atoms with Crippen molar-refractivity contribution in [3.63, 3.8) is 0 Å². The first-order chi connectivity index (χ1) is 33.2. The van der Waals surface area contributed by atoms with Gasteiger partial charge in [-0.3, -0.25) is 19.3 Å². The van der Waals surface area contributed by atoms with Crippen LogP contribution < -0.4 is 21.7 Å². The van der Waals surface area contributed by atoms with Gasteiger partial charge in [0.25, 0.3) is 5.91 Å². The van der Waals surface area contributed by atoms with Crippen LogP contribution in [0.4, 0.5) is 22.2 Å². The number of benzene rings is 1. The molecule has 4 fully saturated rings. The van der Waals surface area contributed by atoms with Gasteiger partial charge < -0.3 is 41.0 Å². The molecule has 2 aliphatic carbocycles. The van der Waals surface area contributed by atoms with Crippen molar-refractivity contribution in [2.45, 2.75) is 90.8 Å². The number of Topliss-reactive ketones (excluding diaryl/α,β-unsaturated/α-hetero) is 1. The first kappa shape index (κ1) is 46.5. The first-order valence-corrected chi connectivity index (χ1v) is 25.1. The fourth-order valence-electron chi connectivity index (χ4n) is 10.6. The van der Waals surface area contributed by atoms with Crippen LogP contribution in [-0.2, 0) is 27.2 Å². The summed E-state index contributed by atoms with van der Waals surface area (Å²) in [5.41, 5.74) is 17.0. The lowest BCUT2D eigenvalue weighted by Gasteiger charge is -2.38. The van der Waals surface area contributed by atoms with Gasteiger partial charge in [-0.2, -0.15) is 5.10 Å². The van der Waals surface area contributed by atoms with Crippen LogP contribution in [0, 0.1) is 18.3 Å². The molecule has 7 heterocycles. The number of likely N-dealkylation sites (tertiary alicyclic amines) is 1. The van der Waals surface area contributed by atoms with Gasteiger partial charge in [-0.1, -0.05) is 13.8 Å². The zero-order valence-electron chi connectivity index (χ0n) is 39.6. The highest BCUT2D eigenvalue weighted by atomic mass is 32.1. The number of morpholine rings is 1. The number of rotatable bonds is 10. The van der Waals surface area contributed by atoms with Crippen LogP contribution in [0.25, 0.3) is 27.3 Å². The van der Waals surface area contributed by atoms with E-state index in [0.29, 0.717) is 112 Å². The minimum absolute atomic E-state index is 0.0384. The molecule has 19 nitrogen and oxygen atoms in total. The van der Waals surface area contributed by atoms with Gasteiger partial charge in [0.05, 0.1) is 57.2 Å². The molecule has 0 spiro atoms. The molecule has 20 heteroatoms. The Morgan fingerprint density at radius 1 is 0.899 bits per heavy atom. The lowest BCUT2D eigenvalue weighted by Crippen LogP contribution is -2.51. The lowest BCUT2D eigenvalue weighted by molar-refractivity contribution is -0.138. The number of anilines is 3. The first-order valence-electron chi connectivity index (χ1n) is 24.3. The number of fused-ring (bicyclic) bond motifs is 2. The van der Waals surface area contributed by atoms with Crippen molar-refractivity contribution >= 4 is 62.7 Å². The summed E-state index contributed by atoms with van der Waals surface area (Å²) in [6.45, 7) is 13.4. The summed E-state index contributed by atoms with van der Waals surface area (Å²) in [5, 5.41) is 8.32. The topological polar surface area (TPSA) is 233 Å². The number of carbonyl (C=O) groups is 4. The minimum atomic E-state index is -0.536. The lowest BCUT2D eigenvalue weighted by atomic mass is 9.75. The number of aryl methyl sites for hydroxylation is 1. The number of piperidine rings is 1. The molecule has 5 aliphatic rings. The van der Waals surface area contributed by atoms with Crippen LogP contribution in [0.2, 0.25) is 0 Å². The third-order valence-electron chi connectivity index (χ3n) is 14.3. The number of piperazine rings is 1. The molecular formula is C49H61N13O6S. The predicted octanol–water partition coefficient (Wildman–Crippen LogP) is 5.23. The Morgan fingerprint density at radius 2 is 1.62 bits per heavy atom. The third kappa shape index (κ3) is 9.96. The Morgan fingerprint density at radius 3 is 2.33 bits per heavy atom. The van der Waals surface area contributed by atoms with Crippen molar-refractivity contribution in [1.82, 2.24) is 44.4 Å². The van der Waals surface area contributed by atoms with E-state index in [1.54, 1.807) is 34.7 Å².